The van der Waals surface area contributed by atoms with E-state index in [1.54, 1.807) is 24.3 Å². The van der Waals surface area contributed by atoms with Gasteiger partial charge in [0.05, 0.1) is 5.56 Å². The summed E-state index contributed by atoms with van der Waals surface area (Å²) < 4.78 is 11.8. The van der Waals surface area contributed by atoms with Crippen molar-refractivity contribution in [1.82, 2.24) is 0 Å². The first kappa shape index (κ1) is 19.6. The Labute approximate surface area is 183 Å². The summed E-state index contributed by atoms with van der Waals surface area (Å²) in [5.41, 5.74) is 1.28. The molecule has 0 saturated carbocycles. The molecule has 0 unspecified atom stereocenters. The van der Waals surface area contributed by atoms with Gasteiger partial charge in [-0.1, -0.05) is 18.2 Å². The van der Waals surface area contributed by atoms with Crippen molar-refractivity contribution >= 4 is 5.97 Å². The molecule has 3 aromatic rings. The minimum Gasteiger partial charge on any atom is -1.00 e. The second kappa shape index (κ2) is 6.77. The molecule has 27 heavy (non-hydrogen) atoms. The smallest absolute Gasteiger partial charge is 1.00 e. The van der Waals surface area contributed by atoms with Crippen LogP contribution in [0.4, 0.5) is 0 Å². The first-order valence-electron chi connectivity index (χ1n) is 7.77. The van der Waals surface area contributed by atoms with Crippen molar-refractivity contribution in [3.8, 4) is 23.0 Å². The largest absolute Gasteiger partial charge is 1.00 e. The Morgan fingerprint density at radius 1 is 0.778 bits per heavy atom. The van der Waals surface area contributed by atoms with Gasteiger partial charge in [0.1, 0.15) is 23.0 Å². The van der Waals surface area contributed by atoms with Gasteiger partial charge in [0.2, 0.25) is 0 Å². The molecule has 2 N–H and O–H groups in total. The molecular formula is C20H12ClNaO5. The molecule has 3 aromatic carbocycles. The van der Waals surface area contributed by atoms with E-state index in [4.69, 9.17) is 9.47 Å². The third-order valence-electron chi connectivity index (χ3n) is 4.68. The summed E-state index contributed by atoms with van der Waals surface area (Å²) in [6.07, 6.45) is 0. The minimum atomic E-state index is -1.17. The van der Waals surface area contributed by atoms with Crippen LogP contribution < -0.4 is 46.7 Å². The number of phenols is 2. The van der Waals surface area contributed by atoms with Crippen LogP contribution in [0.25, 0.3) is 0 Å². The fourth-order valence-corrected chi connectivity index (χ4v) is 3.65. The average Bonchev–Trinajstić information content (AvgIpc) is 2.88. The van der Waals surface area contributed by atoms with E-state index in [0.717, 1.165) is 0 Å². The van der Waals surface area contributed by atoms with Crippen molar-refractivity contribution in [3.05, 3.63) is 82.9 Å². The molecule has 130 valence electrons. The predicted molar refractivity (Wildman–Crippen MR) is 88.0 cm³/mol. The van der Waals surface area contributed by atoms with Gasteiger partial charge >= 0.3 is 35.5 Å². The third-order valence-corrected chi connectivity index (χ3v) is 4.68. The van der Waals surface area contributed by atoms with Gasteiger partial charge in [-0.3, -0.25) is 0 Å². The molecule has 0 amide bonds. The summed E-state index contributed by atoms with van der Waals surface area (Å²) in [4.78, 5) is 12.5. The Hall–Kier alpha value is -2.18. The first-order valence-corrected chi connectivity index (χ1v) is 7.77. The number of benzene rings is 3. The average molecular weight is 391 g/mol. The summed E-state index contributed by atoms with van der Waals surface area (Å²) >= 11 is 0. The van der Waals surface area contributed by atoms with E-state index in [0.29, 0.717) is 33.8 Å². The van der Waals surface area contributed by atoms with Gasteiger partial charge in [0, 0.05) is 28.8 Å². The van der Waals surface area contributed by atoms with Gasteiger partial charge in [-0.15, -0.1) is 0 Å². The molecule has 0 aromatic heterocycles. The predicted octanol–water partition coefficient (Wildman–Crippen LogP) is -2.33. The molecule has 0 bridgehead atoms. The van der Waals surface area contributed by atoms with Crippen molar-refractivity contribution in [2.24, 2.45) is 0 Å². The number of carbonyl (C=O) groups excluding carboxylic acids is 1. The SMILES string of the molecule is O=C1OC2(c3ccc(O)cc3Oc3cc(O)ccc32)c2ccccc21.[Cl-].[Na+]. The number of hydrogen-bond donors (Lipinski definition) is 2. The Morgan fingerprint density at radius 3 is 1.93 bits per heavy atom. The zero-order chi connectivity index (χ0) is 17.2. The monoisotopic (exact) mass is 390 g/mol. The van der Waals surface area contributed by atoms with Crippen molar-refractivity contribution < 1.29 is 66.4 Å². The maximum absolute atomic E-state index is 12.5. The quantitative estimate of drug-likeness (QED) is 0.333. The maximum atomic E-state index is 12.5. The van der Waals surface area contributed by atoms with Gasteiger partial charge in [-0.05, 0) is 30.3 Å². The van der Waals surface area contributed by atoms with Gasteiger partial charge < -0.3 is 32.1 Å². The summed E-state index contributed by atoms with van der Waals surface area (Å²) in [6.45, 7) is 0. The van der Waals surface area contributed by atoms with Crippen molar-refractivity contribution in [2.75, 3.05) is 0 Å². The van der Waals surface area contributed by atoms with E-state index < -0.39 is 11.6 Å². The molecule has 1 spiro atoms. The molecule has 2 aliphatic heterocycles. The van der Waals surface area contributed by atoms with Crippen LogP contribution in [0.2, 0.25) is 0 Å². The van der Waals surface area contributed by atoms with Crippen LogP contribution >= 0.6 is 0 Å². The third kappa shape index (κ3) is 2.62. The van der Waals surface area contributed by atoms with Crippen molar-refractivity contribution in [1.29, 1.82) is 0 Å². The molecular weight excluding hydrogens is 379 g/mol. The normalized spacial score (nSPS) is 14.6. The molecule has 2 heterocycles. The Bertz CT molecular complexity index is 1010. The Balaban J connectivity index is 0.00000105. The van der Waals surface area contributed by atoms with E-state index in [1.807, 2.05) is 12.1 Å². The zero-order valence-electron chi connectivity index (χ0n) is 14.3. The molecule has 0 atom stereocenters. The zero-order valence-corrected chi connectivity index (χ0v) is 17.0. The molecule has 0 fully saturated rings. The molecule has 5 nitrogen and oxygen atoms in total. The van der Waals surface area contributed by atoms with Crippen LogP contribution in [-0.4, -0.2) is 16.2 Å². The van der Waals surface area contributed by atoms with Gasteiger partial charge in [-0.2, -0.15) is 0 Å². The van der Waals surface area contributed by atoms with Crippen LogP contribution in [0, 0.1) is 0 Å². The van der Waals surface area contributed by atoms with Crippen molar-refractivity contribution in [2.45, 2.75) is 5.60 Å². The topological polar surface area (TPSA) is 76.0 Å². The molecule has 5 rings (SSSR count). The number of phenolic OH excluding ortho intramolecular Hbond substituents is 2. The van der Waals surface area contributed by atoms with E-state index in [-0.39, 0.29) is 53.5 Å². The number of rotatable bonds is 0. The van der Waals surface area contributed by atoms with Crippen LogP contribution in [0.5, 0.6) is 23.0 Å². The van der Waals surface area contributed by atoms with Gasteiger partial charge in [-0.25, -0.2) is 4.79 Å². The Kier molecular flexibility index (Phi) is 4.91. The van der Waals surface area contributed by atoms with E-state index in [9.17, 15) is 15.0 Å². The van der Waals surface area contributed by atoms with Crippen LogP contribution in [0.1, 0.15) is 27.0 Å². The fraction of sp³-hybridized carbons (Fsp3) is 0.0500. The van der Waals surface area contributed by atoms with Crippen LogP contribution in [-0.2, 0) is 10.3 Å². The molecule has 0 saturated heterocycles. The first-order chi connectivity index (χ1) is 12.1. The molecule has 2 aliphatic rings. The second-order valence-electron chi connectivity index (χ2n) is 6.08. The maximum Gasteiger partial charge on any atom is 1.00 e. The molecule has 0 aliphatic carbocycles. The number of carbonyl (C=O) groups is 1. The van der Waals surface area contributed by atoms with Gasteiger partial charge in [0.15, 0.2) is 5.60 Å². The Morgan fingerprint density at radius 2 is 1.33 bits per heavy atom. The standard InChI is InChI=1S/C20H12O5.ClH.Na/c21-11-5-7-15-17(9-11)24-18-10-12(22)6-8-16(18)20(15)14-4-2-1-3-13(14)19(23)25-20;;/h1-10,21-22H;1H;/q;;+1/p-1. The summed E-state index contributed by atoms with van der Waals surface area (Å²) in [7, 11) is 0. The number of ether oxygens (including phenoxy) is 2. The minimum absolute atomic E-state index is 0. The number of fused-ring (bicyclic) bond motifs is 6. The van der Waals surface area contributed by atoms with Crippen LogP contribution in [0.3, 0.4) is 0 Å². The molecule has 7 heteroatoms. The summed E-state index contributed by atoms with van der Waals surface area (Å²) in [6, 6.07) is 16.6. The van der Waals surface area contributed by atoms with E-state index >= 15 is 0 Å². The number of halogens is 1. The van der Waals surface area contributed by atoms with Gasteiger partial charge in [0.25, 0.3) is 0 Å². The number of esters is 1. The van der Waals surface area contributed by atoms with Crippen LogP contribution in [0.15, 0.2) is 60.7 Å². The molecule has 0 radical (unpaired) electrons. The summed E-state index contributed by atoms with van der Waals surface area (Å²) in [5, 5.41) is 19.7. The summed E-state index contributed by atoms with van der Waals surface area (Å²) in [5.74, 6) is 0.408. The van der Waals surface area contributed by atoms with E-state index in [1.165, 1.54) is 24.3 Å². The number of aromatic hydroxyl groups is 2. The van der Waals surface area contributed by atoms with E-state index in [2.05, 4.69) is 0 Å². The fourth-order valence-electron chi connectivity index (χ4n) is 3.65. The van der Waals surface area contributed by atoms with Crippen molar-refractivity contribution in [3.63, 3.8) is 0 Å². The second-order valence-corrected chi connectivity index (χ2v) is 6.08. The number of hydrogen-bond acceptors (Lipinski definition) is 5.